The molecule has 0 amide bonds. The summed E-state index contributed by atoms with van der Waals surface area (Å²) in [4.78, 5) is 4.44. The lowest BCUT2D eigenvalue weighted by Crippen LogP contribution is -2.39. The molecule has 1 unspecified atom stereocenters. The lowest BCUT2D eigenvalue weighted by molar-refractivity contribution is 0.154. The summed E-state index contributed by atoms with van der Waals surface area (Å²) in [5, 5.41) is 10.2. The van der Waals surface area contributed by atoms with Gasteiger partial charge in [0.15, 0.2) is 0 Å². The van der Waals surface area contributed by atoms with Crippen LogP contribution in [0.25, 0.3) is 11.4 Å². The van der Waals surface area contributed by atoms with Gasteiger partial charge in [0.2, 0.25) is 5.09 Å². The van der Waals surface area contributed by atoms with Gasteiger partial charge in [-0.15, -0.1) is 0 Å². The van der Waals surface area contributed by atoms with Crippen LogP contribution in [0, 0.1) is 5.92 Å². The molecule has 4 rings (SSSR count). The maximum Gasteiger partial charge on any atom is 0.274 e. The van der Waals surface area contributed by atoms with Crippen LogP contribution in [0.5, 0.6) is 0 Å². The number of aliphatic hydroxyl groups is 1. The second kappa shape index (κ2) is 7.30. The fourth-order valence-electron chi connectivity index (χ4n) is 3.65. The van der Waals surface area contributed by atoms with Gasteiger partial charge >= 0.3 is 0 Å². The van der Waals surface area contributed by atoms with Crippen molar-refractivity contribution in [2.45, 2.75) is 36.6 Å². The molecule has 0 spiro atoms. The van der Waals surface area contributed by atoms with Crippen LogP contribution < -0.4 is 4.72 Å². The van der Waals surface area contributed by atoms with Crippen molar-refractivity contribution in [3.8, 4) is 11.4 Å². The Morgan fingerprint density at radius 3 is 2.74 bits per heavy atom. The number of hydrogen-bond acceptors (Lipinski definition) is 5. The molecule has 0 aliphatic heterocycles. The lowest BCUT2D eigenvalue weighted by Gasteiger charge is -2.15. The number of imidazole rings is 1. The van der Waals surface area contributed by atoms with Crippen LogP contribution in [-0.4, -0.2) is 35.2 Å². The standard InChI is InChI=1S/C19H21N3O4S/c23-17-12-14(11-16(17)21-27(24,25)18-7-4-10-26-18)13-22-9-8-20-19(22)15-5-2-1-3-6-15/h1-10,14,16-17,21,23H,11-13H2/t14?,16-,17-/m1/s1. The molecule has 2 aromatic heterocycles. The molecule has 1 saturated carbocycles. The monoisotopic (exact) mass is 387 g/mol. The van der Waals surface area contributed by atoms with Gasteiger partial charge < -0.3 is 14.1 Å². The maximum absolute atomic E-state index is 12.3. The maximum atomic E-state index is 12.3. The first kappa shape index (κ1) is 18.0. The average molecular weight is 387 g/mol. The number of benzene rings is 1. The molecule has 8 heteroatoms. The molecule has 1 aliphatic carbocycles. The van der Waals surface area contributed by atoms with Crippen molar-refractivity contribution < 1.29 is 17.9 Å². The summed E-state index contributed by atoms with van der Waals surface area (Å²) in [6.45, 7) is 0.667. The fraction of sp³-hybridized carbons (Fsp3) is 0.316. The second-order valence-corrected chi connectivity index (χ2v) is 8.48. The Morgan fingerprint density at radius 2 is 2.00 bits per heavy atom. The molecule has 0 bridgehead atoms. The number of aromatic nitrogens is 2. The molecule has 3 atom stereocenters. The Kier molecular flexibility index (Phi) is 4.86. The minimum atomic E-state index is -3.77. The fourth-order valence-corrected chi connectivity index (χ4v) is 4.86. The lowest BCUT2D eigenvalue weighted by atomic mass is 10.1. The molecule has 1 fully saturated rings. The third-order valence-electron chi connectivity index (χ3n) is 4.90. The number of sulfonamides is 1. The summed E-state index contributed by atoms with van der Waals surface area (Å²) < 4.78 is 34.2. The largest absolute Gasteiger partial charge is 0.452 e. The van der Waals surface area contributed by atoms with E-state index in [0.29, 0.717) is 19.4 Å². The number of nitrogens with one attached hydrogen (secondary N) is 1. The first-order valence-corrected chi connectivity index (χ1v) is 10.3. The van der Waals surface area contributed by atoms with E-state index in [9.17, 15) is 13.5 Å². The first-order valence-electron chi connectivity index (χ1n) is 8.83. The molecule has 142 valence electrons. The number of nitrogens with zero attached hydrogens (tertiary/aromatic N) is 2. The van der Waals surface area contributed by atoms with Gasteiger partial charge in [0, 0.05) is 30.5 Å². The molecule has 0 radical (unpaired) electrons. The van der Waals surface area contributed by atoms with Crippen LogP contribution in [0.15, 0.2) is 70.6 Å². The highest BCUT2D eigenvalue weighted by atomic mass is 32.2. The van der Waals surface area contributed by atoms with E-state index in [4.69, 9.17) is 4.42 Å². The quantitative estimate of drug-likeness (QED) is 0.676. The number of furan rings is 1. The zero-order chi connectivity index (χ0) is 18.9. The number of aliphatic hydroxyl groups excluding tert-OH is 1. The minimum absolute atomic E-state index is 0.140. The van der Waals surface area contributed by atoms with E-state index in [1.807, 2.05) is 36.5 Å². The molecular formula is C19H21N3O4S. The smallest absolute Gasteiger partial charge is 0.274 e. The molecule has 3 aromatic rings. The normalized spacial score (nSPS) is 22.9. The molecule has 1 aliphatic rings. The first-order chi connectivity index (χ1) is 13.0. The summed E-state index contributed by atoms with van der Waals surface area (Å²) in [5.74, 6) is 1.01. The molecular weight excluding hydrogens is 366 g/mol. The van der Waals surface area contributed by atoms with Gasteiger partial charge in [0.25, 0.3) is 10.0 Å². The van der Waals surface area contributed by atoms with Crippen molar-refractivity contribution >= 4 is 10.0 Å². The van der Waals surface area contributed by atoms with Crippen molar-refractivity contribution in [1.82, 2.24) is 14.3 Å². The van der Waals surface area contributed by atoms with Gasteiger partial charge in [-0.25, -0.2) is 18.1 Å². The molecule has 27 heavy (non-hydrogen) atoms. The summed E-state index contributed by atoms with van der Waals surface area (Å²) in [7, 11) is -3.77. The molecule has 2 heterocycles. The van der Waals surface area contributed by atoms with Crippen LogP contribution in [0.1, 0.15) is 12.8 Å². The van der Waals surface area contributed by atoms with Crippen molar-refractivity contribution in [3.63, 3.8) is 0 Å². The topological polar surface area (TPSA) is 97.4 Å². The van der Waals surface area contributed by atoms with Crippen molar-refractivity contribution in [2.24, 2.45) is 5.92 Å². The Balaban J connectivity index is 1.45. The highest BCUT2D eigenvalue weighted by Gasteiger charge is 2.36. The highest BCUT2D eigenvalue weighted by molar-refractivity contribution is 7.89. The predicted molar refractivity (Wildman–Crippen MR) is 99.2 cm³/mol. The van der Waals surface area contributed by atoms with E-state index >= 15 is 0 Å². The van der Waals surface area contributed by atoms with E-state index in [-0.39, 0.29) is 11.0 Å². The summed E-state index contributed by atoms with van der Waals surface area (Å²) in [6, 6.07) is 12.3. The van der Waals surface area contributed by atoms with Crippen molar-refractivity contribution in [3.05, 3.63) is 61.1 Å². The molecule has 0 saturated heterocycles. The average Bonchev–Trinajstić information content (AvgIpc) is 3.39. The van der Waals surface area contributed by atoms with Crippen LogP contribution >= 0.6 is 0 Å². The van der Waals surface area contributed by atoms with E-state index in [1.165, 1.54) is 18.4 Å². The second-order valence-electron chi connectivity index (χ2n) is 6.83. The summed E-state index contributed by atoms with van der Waals surface area (Å²) >= 11 is 0. The van der Waals surface area contributed by atoms with Crippen LogP contribution in [-0.2, 0) is 16.6 Å². The van der Waals surface area contributed by atoms with Gasteiger partial charge in [-0.05, 0) is 30.9 Å². The summed E-state index contributed by atoms with van der Waals surface area (Å²) in [5.41, 5.74) is 1.02. The Morgan fingerprint density at radius 1 is 1.19 bits per heavy atom. The van der Waals surface area contributed by atoms with Gasteiger partial charge in [-0.3, -0.25) is 0 Å². The van der Waals surface area contributed by atoms with Gasteiger partial charge in [-0.2, -0.15) is 0 Å². The summed E-state index contributed by atoms with van der Waals surface area (Å²) in [6.07, 6.45) is 5.32. The van der Waals surface area contributed by atoms with Crippen LogP contribution in [0.2, 0.25) is 0 Å². The van der Waals surface area contributed by atoms with E-state index in [1.54, 1.807) is 6.20 Å². The third-order valence-corrected chi connectivity index (χ3v) is 6.27. The van der Waals surface area contributed by atoms with E-state index < -0.39 is 22.2 Å². The van der Waals surface area contributed by atoms with E-state index in [2.05, 4.69) is 14.3 Å². The highest BCUT2D eigenvalue weighted by Crippen LogP contribution is 2.30. The molecule has 2 N–H and O–H groups in total. The number of hydrogen-bond donors (Lipinski definition) is 2. The Bertz CT molecular complexity index is 983. The van der Waals surface area contributed by atoms with Crippen LogP contribution in [0.4, 0.5) is 0 Å². The Labute approximate surface area is 157 Å². The van der Waals surface area contributed by atoms with Crippen molar-refractivity contribution in [2.75, 3.05) is 0 Å². The van der Waals surface area contributed by atoms with E-state index in [0.717, 1.165) is 11.4 Å². The minimum Gasteiger partial charge on any atom is -0.452 e. The van der Waals surface area contributed by atoms with Crippen LogP contribution in [0.3, 0.4) is 0 Å². The molecule has 7 nitrogen and oxygen atoms in total. The zero-order valence-corrected chi connectivity index (χ0v) is 15.4. The Hall–Kier alpha value is -2.42. The third kappa shape index (κ3) is 3.83. The number of rotatable bonds is 6. The predicted octanol–water partition coefficient (Wildman–Crippen LogP) is 2.26. The zero-order valence-electron chi connectivity index (χ0n) is 14.6. The SMILES string of the molecule is O=S(=O)(N[C@@H]1CC(Cn2ccnc2-c2ccccc2)C[C@H]1O)c1ccco1. The van der Waals surface area contributed by atoms with Gasteiger partial charge in [0.1, 0.15) is 5.82 Å². The molecule has 1 aromatic carbocycles. The van der Waals surface area contributed by atoms with Gasteiger partial charge in [-0.1, -0.05) is 30.3 Å². The van der Waals surface area contributed by atoms with Gasteiger partial charge in [0.05, 0.1) is 12.4 Å². The van der Waals surface area contributed by atoms with Crippen molar-refractivity contribution in [1.29, 1.82) is 0 Å².